The topological polar surface area (TPSA) is 87.3 Å². The molecule has 1 aromatic carbocycles. The molecule has 0 radical (unpaired) electrons. The van der Waals surface area contributed by atoms with E-state index in [0.717, 1.165) is 5.56 Å². The van der Waals surface area contributed by atoms with E-state index in [1.54, 1.807) is 31.3 Å². The lowest BCUT2D eigenvalue weighted by Crippen LogP contribution is -2.36. The summed E-state index contributed by atoms with van der Waals surface area (Å²) in [5.41, 5.74) is 1.08. The number of hydrogen-bond acceptors (Lipinski definition) is 3. The Hall–Kier alpha value is -2.37. The molecule has 0 fully saturated rings. The average molecular weight is 319 g/mol. The first kappa shape index (κ1) is 18.7. The Bertz CT molecular complexity index is 559. The Morgan fingerprint density at radius 2 is 1.61 bits per heavy atom. The maximum absolute atomic E-state index is 11.8. The van der Waals surface area contributed by atoms with Crippen LogP contribution in [-0.2, 0) is 20.8 Å². The Morgan fingerprint density at radius 1 is 1.00 bits per heavy atom. The standard InChI is InChI=1S/C17H25N3O3/c1-17(2,3)16(23)19-10-9-14(21)20-13-7-5-12(6-8-13)11-15(22)18-4/h5-8H,9-11H2,1-4H3,(H,18,22)(H,19,23)(H,20,21). The molecule has 6 heteroatoms. The van der Waals surface area contributed by atoms with Crippen LogP contribution in [0.2, 0.25) is 0 Å². The Kier molecular flexibility index (Phi) is 6.75. The van der Waals surface area contributed by atoms with E-state index in [-0.39, 0.29) is 24.1 Å². The minimum absolute atomic E-state index is 0.0589. The summed E-state index contributed by atoms with van der Waals surface area (Å²) < 4.78 is 0. The number of nitrogens with one attached hydrogen (secondary N) is 3. The summed E-state index contributed by atoms with van der Waals surface area (Å²) in [6, 6.07) is 7.10. The van der Waals surface area contributed by atoms with E-state index >= 15 is 0 Å². The monoisotopic (exact) mass is 319 g/mol. The van der Waals surface area contributed by atoms with Gasteiger partial charge < -0.3 is 16.0 Å². The average Bonchev–Trinajstić information content (AvgIpc) is 2.48. The van der Waals surface area contributed by atoms with Crippen molar-refractivity contribution in [2.24, 2.45) is 5.41 Å². The van der Waals surface area contributed by atoms with Crippen LogP contribution in [0.25, 0.3) is 0 Å². The van der Waals surface area contributed by atoms with Crippen LogP contribution < -0.4 is 16.0 Å². The van der Waals surface area contributed by atoms with Crippen molar-refractivity contribution >= 4 is 23.4 Å². The number of likely N-dealkylation sites (N-methyl/N-ethyl adjacent to an activating group) is 1. The number of carbonyl (C=O) groups excluding carboxylic acids is 3. The summed E-state index contributed by atoms with van der Waals surface area (Å²) in [7, 11) is 1.59. The Labute approximate surface area is 137 Å². The highest BCUT2D eigenvalue weighted by atomic mass is 16.2. The molecule has 0 aromatic heterocycles. The highest BCUT2D eigenvalue weighted by Crippen LogP contribution is 2.12. The van der Waals surface area contributed by atoms with Crippen molar-refractivity contribution in [2.75, 3.05) is 18.9 Å². The lowest BCUT2D eigenvalue weighted by atomic mass is 9.96. The van der Waals surface area contributed by atoms with Gasteiger partial charge in [-0.1, -0.05) is 32.9 Å². The fourth-order valence-electron chi connectivity index (χ4n) is 1.76. The van der Waals surface area contributed by atoms with Crippen molar-refractivity contribution in [2.45, 2.75) is 33.6 Å². The molecule has 0 aliphatic carbocycles. The molecule has 0 bridgehead atoms. The molecular weight excluding hydrogens is 294 g/mol. The minimum Gasteiger partial charge on any atom is -0.359 e. The fourth-order valence-corrected chi connectivity index (χ4v) is 1.76. The predicted octanol–water partition coefficient (Wildman–Crippen LogP) is 1.47. The highest BCUT2D eigenvalue weighted by Gasteiger charge is 2.20. The Balaban J connectivity index is 2.40. The molecule has 0 saturated heterocycles. The van der Waals surface area contributed by atoms with E-state index in [9.17, 15) is 14.4 Å². The van der Waals surface area contributed by atoms with Crippen molar-refractivity contribution in [3.63, 3.8) is 0 Å². The van der Waals surface area contributed by atoms with Gasteiger partial charge in [0.15, 0.2) is 0 Å². The lowest BCUT2D eigenvalue weighted by molar-refractivity contribution is -0.128. The van der Waals surface area contributed by atoms with E-state index < -0.39 is 5.41 Å². The number of hydrogen-bond donors (Lipinski definition) is 3. The molecule has 0 aliphatic rings. The van der Waals surface area contributed by atoms with Gasteiger partial charge in [0.05, 0.1) is 6.42 Å². The molecule has 1 rings (SSSR count). The summed E-state index contributed by atoms with van der Waals surface area (Å²) in [4.78, 5) is 34.8. The Morgan fingerprint density at radius 3 is 2.13 bits per heavy atom. The van der Waals surface area contributed by atoms with Crippen molar-refractivity contribution < 1.29 is 14.4 Å². The molecular formula is C17H25N3O3. The van der Waals surface area contributed by atoms with Crippen LogP contribution >= 0.6 is 0 Å². The molecule has 3 amide bonds. The van der Waals surface area contributed by atoms with Crippen molar-refractivity contribution in [1.29, 1.82) is 0 Å². The zero-order valence-corrected chi connectivity index (χ0v) is 14.2. The van der Waals surface area contributed by atoms with Gasteiger partial charge in [0.2, 0.25) is 17.7 Å². The summed E-state index contributed by atoms with van der Waals surface area (Å²) in [5, 5.41) is 8.05. The summed E-state index contributed by atoms with van der Waals surface area (Å²) >= 11 is 0. The van der Waals surface area contributed by atoms with Gasteiger partial charge >= 0.3 is 0 Å². The van der Waals surface area contributed by atoms with Crippen LogP contribution in [0, 0.1) is 5.41 Å². The van der Waals surface area contributed by atoms with Crippen molar-refractivity contribution in [3.05, 3.63) is 29.8 Å². The molecule has 3 N–H and O–H groups in total. The SMILES string of the molecule is CNC(=O)Cc1ccc(NC(=O)CCNC(=O)C(C)(C)C)cc1. The molecule has 0 aliphatic heterocycles. The molecule has 0 spiro atoms. The zero-order chi connectivity index (χ0) is 17.5. The second-order valence-electron chi connectivity index (χ2n) is 6.35. The van der Waals surface area contributed by atoms with Gasteiger partial charge in [0, 0.05) is 31.1 Å². The smallest absolute Gasteiger partial charge is 0.226 e. The largest absolute Gasteiger partial charge is 0.359 e. The van der Waals surface area contributed by atoms with E-state index in [2.05, 4.69) is 16.0 Å². The van der Waals surface area contributed by atoms with E-state index in [1.165, 1.54) is 0 Å². The lowest BCUT2D eigenvalue weighted by Gasteiger charge is -2.17. The van der Waals surface area contributed by atoms with Crippen LogP contribution in [0.4, 0.5) is 5.69 Å². The third kappa shape index (κ3) is 6.95. The maximum Gasteiger partial charge on any atom is 0.226 e. The number of rotatable bonds is 6. The van der Waals surface area contributed by atoms with E-state index in [1.807, 2.05) is 20.8 Å². The van der Waals surface area contributed by atoms with Gasteiger partial charge in [-0.3, -0.25) is 14.4 Å². The molecule has 0 heterocycles. The van der Waals surface area contributed by atoms with Gasteiger partial charge in [0.25, 0.3) is 0 Å². The molecule has 0 saturated carbocycles. The number of anilines is 1. The second-order valence-corrected chi connectivity index (χ2v) is 6.35. The van der Waals surface area contributed by atoms with Gasteiger partial charge in [0.1, 0.15) is 0 Å². The van der Waals surface area contributed by atoms with Crippen LogP contribution in [0.5, 0.6) is 0 Å². The highest BCUT2D eigenvalue weighted by molar-refractivity contribution is 5.91. The quantitative estimate of drug-likeness (QED) is 0.742. The first-order valence-corrected chi connectivity index (χ1v) is 7.60. The fraction of sp³-hybridized carbons (Fsp3) is 0.471. The first-order valence-electron chi connectivity index (χ1n) is 7.60. The van der Waals surface area contributed by atoms with Gasteiger partial charge in [-0.15, -0.1) is 0 Å². The minimum atomic E-state index is -0.461. The summed E-state index contributed by atoms with van der Waals surface area (Å²) in [6.45, 7) is 5.77. The summed E-state index contributed by atoms with van der Waals surface area (Å²) in [6.07, 6.45) is 0.519. The molecule has 1 aromatic rings. The zero-order valence-electron chi connectivity index (χ0n) is 14.2. The maximum atomic E-state index is 11.8. The van der Waals surface area contributed by atoms with Crippen molar-refractivity contribution in [1.82, 2.24) is 10.6 Å². The number of amides is 3. The van der Waals surface area contributed by atoms with Crippen LogP contribution in [0.15, 0.2) is 24.3 Å². The molecule has 126 valence electrons. The third-order valence-corrected chi connectivity index (χ3v) is 3.20. The molecule has 23 heavy (non-hydrogen) atoms. The third-order valence-electron chi connectivity index (χ3n) is 3.20. The molecule has 6 nitrogen and oxygen atoms in total. The summed E-state index contributed by atoms with van der Waals surface area (Å²) in [5.74, 6) is -0.307. The van der Waals surface area contributed by atoms with Gasteiger partial charge in [-0.05, 0) is 17.7 Å². The van der Waals surface area contributed by atoms with Gasteiger partial charge in [-0.2, -0.15) is 0 Å². The van der Waals surface area contributed by atoms with Crippen LogP contribution in [0.1, 0.15) is 32.8 Å². The predicted molar refractivity (Wildman–Crippen MR) is 89.9 cm³/mol. The van der Waals surface area contributed by atoms with Crippen LogP contribution in [0.3, 0.4) is 0 Å². The van der Waals surface area contributed by atoms with E-state index in [4.69, 9.17) is 0 Å². The van der Waals surface area contributed by atoms with Crippen LogP contribution in [-0.4, -0.2) is 31.3 Å². The number of benzene rings is 1. The first-order chi connectivity index (χ1) is 10.7. The van der Waals surface area contributed by atoms with Gasteiger partial charge in [-0.25, -0.2) is 0 Å². The normalized spacial score (nSPS) is 10.8. The number of carbonyl (C=O) groups is 3. The molecule has 0 unspecified atom stereocenters. The second kappa shape index (κ2) is 8.31. The van der Waals surface area contributed by atoms with E-state index in [0.29, 0.717) is 18.7 Å². The molecule has 0 atom stereocenters. The van der Waals surface area contributed by atoms with Crippen molar-refractivity contribution in [3.8, 4) is 0 Å².